The van der Waals surface area contributed by atoms with Gasteiger partial charge in [-0.3, -0.25) is 4.98 Å². The molecule has 6 heteroatoms. The van der Waals surface area contributed by atoms with Gasteiger partial charge in [-0.1, -0.05) is 0 Å². The summed E-state index contributed by atoms with van der Waals surface area (Å²) in [6.07, 6.45) is 1.66. The number of methoxy groups -OCH3 is 1. The molecule has 0 amide bonds. The van der Waals surface area contributed by atoms with Crippen LogP contribution < -0.4 is 19.9 Å². The zero-order valence-corrected chi connectivity index (χ0v) is 13.2. The van der Waals surface area contributed by atoms with Crippen LogP contribution in [0.5, 0.6) is 23.0 Å². The Bertz CT molecular complexity index is 834. The van der Waals surface area contributed by atoms with E-state index in [1.807, 2.05) is 6.07 Å². The lowest BCUT2D eigenvalue weighted by Crippen LogP contribution is -2.03. The molecule has 0 atom stereocenters. The molecule has 0 radical (unpaired) electrons. The maximum Gasteiger partial charge on any atom is 0.163 e. The number of ether oxygens (including phenoxy) is 3. The topological polar surface area (TPSA) is 86.8 Å². The highest BCUT2D eigenvalue weighted by Crippen LogP contribution is 2.37. The number of pyridine rings is 1. The summed E-state index contributed by atoms with van der Waals surface area (Å²) in [5.41, 5.74) is 7.07. The molecule has 0 fully saturated rings. The number of fused-ring (bicyclic) bond motifs is 1. The Labute approximate surface area is 139 Å². The molecule has 2 aromatic carbocycles. The van der Waals surface area contributed by atoms with Crippen molar-refractivity contribution in [1.29, 1.82) is 0 Å². The van der Waals surface area contributed by atoms with Crippen LogP contribution in [-0.2, 0) is 0 Å². The monoisotopic (exact) mass is 326 g/mol. The van der Waals surface area contributed by atoms with Gasteiger partial charge in [0, 0.05) is 23.3 Å². The van der Waals surface area contributed by atoms with Crippen LogP contribution in [0.1, 0.15) is 0 Å². The number of nitrogens with two attached hydrogens (primary N) is 1. The molecule has 0 unspecified atom stereocenters. The van der Waals surface area contributed by atoms with Gasteiger partial charge in [-0.2, -0.15) is 0 Å². The highest BCUT2D eigenvalue weighted by Gasteiger charge is 2.12. The number of nitrogens with zero attached hydrogens (tertiary/aromatic N) is 1. The Morgan fingerprint density at radius 3 is 2.54 bits per heavy atom. The van der Waals surface area contributed by atoms with Gasteiger partial charge in [0.25, 0.3) is 0 Å². The molecule has 6 nitrogen and oxygen atoms in total. The van der Waals surface area contributed by atoms with Crippen molar-refractivity contribution in [3.05, 3.63) is 48.7 Å². The third-order valence-electron chi connectivity index (χ3n) is 3.44. The van der Waals surface area contributed by atoms with Crippen LogP contribution in [0.2, 0.25) is 0 Å². The van der Waals surface area contributed by atoms with Crippen molar-refractivity contribution in [2.45, 2.75) is 0 Å². The zero-order chi connectivity index (χ0) is 16.9. The second-order valence-corrected chi connectivity index (χ2v) is 5.07. The first kappa shape index (κ1) is 15.9. The minimum Gasteiger partial charge on any atom is -0.493 e. The summed E-state index contributed by atoms with van der Waals surface area (Å²) in [6, 6.07) is 12.5. The number of aliphatic hydroxyl groups is 1. The van der Waals surface area contributed by atoms with Gasteiger partial charge in [-0.25, -0.2) is 0 Å². The van der Waals surface area contributed by atoms with Crippen LogP contribution in [-0.4, -0.2) is 30.4 Å². The molecular weight excluding hydrogens is 308 g/mol. The van der Waals surface area contributed by atoms with Gasteiger partial charge in [0.15, 0.2) is 11.5 Å². The Morgan fingerprint density at radius 1 is 1.04 bits per heavy atom. The fourth-order valence-corrected chi connectivity index (χ4v) is 2.31. The second kappa shape index (κ2) is 7.06. The van der Waals surface area contributed by atoms with Gasteiger partial charge in [0.1, 0.15) is 18.1 Å². The number of anilines is 1. The van der Waals surface area contributed by atoms with E-state index in [1.165, 1.54) is 0 Å². The third-order valence-corrected chi connectivity index (χ3v) is 3.44. The summed E-state index contributed by atoms with van der Waals surface area (Å²) in [5.74, 6) is 2.40. The van der Waals surface area contributed by atoms with Crippen LogP contribution in [0.25, 0.3) is 10.9 Å². The standard InChI is InChI=1S/C18H18N2O4/c1-22-17-10-14-15(11-18(17)23-9-8-21)20-7-6-16(14)24-13-4-2-12(19)3-5-13/h2-7,10-11,21H,8-9,19H2,1H3. The Morgan fingerprint density at radius 2 is 1.83 bits per heavy atom. The molecule has 0 aliphatic carbocycles. The first-order valence-corrected chi connectivity index (χ1v) is 7.45. The highest BCUT2D eigenvalue weighted by atomic mass is 16.5. The van der Waals surface area contributed by atoms with Crippen molar-refractivity contribution in [2.75, 3.05) is 26.1 Å². The summed E-state index contributed by atoms with van der Waals surface area (Å²) >= 11 is 0. The van der Waals surface area contributed by atoms with E-state index in [4.69, 9.17) is 25.1 Å². The van der Waals surface area contributed by atoms with Crippen LogP contribution in [0.3, 0.4) is 0 Å². The van der Waals surface area contributed by atoms with E-state index in [1.54, 1.807) is 49.7 Å². The molecule has 3 aromatic rings. The van der Waals surface area contributed by atoms with E-state index in [0.717, 1.165) is 5.39 Å². The maximum absolute atomic E-state index is 8.92. The van der Waals surface area contributed by atoms with Crippen molar-refractivity contribution < 1.29 is 19.3 Å². The number of aromatic nitrogens is 1. The Kier molecular flexibility index (Phi) is 4.67. The van der Waals surface area contributed by atoms with E-state index in [0.29, 0.717) is 34.2 Å². The largest absolute Gasteiger partial charge is 0.493 e. The van der Waals surface area contributed by atoms with Crippen molar-refractivity contribution in [2.24, 2.45) is 0 Å². The van der Waals surface area contributed by atoms with Crippen LogP contribution in [0.15, 0.2) is 48.7 Å². The maximum atomic E-state index is 8.92. The molecule has 0 saturated carbocycles. The lowest BCUT2D eigenvalue weighted by atomic mass is 10.2. The predicted octanol–water partition coefficient (Wildman–Crippen LogP) is 2.99. The van der Waals surface area contributed by atoms with Gasteiger partial charge in [-0.05, 0) is 36.4 Å². The average molecular weight is 326 g/mol. The van der Waals surface area contributed by atoms with Crippen LogP contribution in [0, 0.1) is 0 Å². The predicted molar refractivity (Wildman–Crippen MR) is 91.8 cm³/mol. The van der Waals surface area contributed by atoms with E-state index in [2.05, 4.69) is 4.98 Å². The van der Waals surface area contributed by atoms with Gasteiger partial charge >= 0.3 is 0 Å². The molecular formula is C18H18N2O4. The number of nitrogen functional groups attached to an aromatic ring is 1. The molecule has 0 aliphatic heterocycles. The molecule has 0 spiro atoms. The number of hydrogen-bond acceptors (Lipinski definition) is 6. The first-order valence-electron chi connectivity index (χ1n) is 7.45. The van der Waals surface area contributed by atoms with Crippen molar-refractivity contribution >= 4 is 16.6 Å². The summed E-state index contributed by atoms with van der Waals surface area (Å²) in [4.78, 5) is 4.34. The minimum absolute atomic E-state index is 0.0745. The fraction of sp³-hybridized carbons (Fsp3) is 0.167. The van der Waals surface area contributed by atoms with E-state index in [9.17, 15) is 0 Å². The molecule has 1 aromatic heterocycles. The van der Waals surface area contributed by atoms with Gasteiger partial charge in [0.05, 0.1) is 19.2 Å². The van der Waals surface area contributed by atoms with Crippen LogP contribution >= 0.6 is 0 Å². The molecule has 3 rings (SSSR count). The quantitative estimate of drug-likeness (QED) is 0.677. The lowest BCUT2D eigenvalue weighted by molar-refractivity contribution is 0.196. The number of benzene rings is 2. The summed E-state index contributed by atoms with van der Waals surface area (Å²) in [7, 11) is 1.56. The molecule has 0 aliphatic rings. The number of hydrogen-bond donors (Lipinski definition) is 2. The first-order chi connectivity index (χ1) is 11.7. The summed E-state index contributed by atoms with van der Waals surface area (Å²) in [5, 5.41) is 9.72. The fourth-order valence-electron chi connectivity index (χ4n) is 2.31. The normalized spacial score (nSPS) is 10.6. The van der Waals surface area contributed by atoms with Gasteiger partial charge in [0.2, 0.25) is 0 Å². The lowest BCUT2D eigenvalue weighted by Gasteiger charge is -2.13. The number of aliphatic hydroxyl groups excluding tert-OH is 1. The van der Waals surface area contributed by atoms with E-state index < -0.39 is 0 Å². The van der Waals surface area contributed by atoms with E-state index >= 15 is 0 Å². The molecule has 0 saturated heterocycles. The average Bonchev–Trinajstić information content (AvgIpc) is 2.61. The Balaban J connectivity index is 2.00. The molecule has 24 heavy (non-hydrogen) atoms. The SMILES string of the molecule is COc1cc2c(Oc3ccc(N)cc3)ccnc2cc1OCCO. The minimum atomic E-state index is -0.0745. The second-order valence-electron chi connectivity index (χ2n) is 5.07. The molecule has 1 heterocycles. The molecule has 0 bridgehead atoms. The molecule has 3 N–H and O–H groups in total. The van der Waals surface area contributed by atoms with E-state index in [-0.39, 0.29) is 13.2 Å². The van der Waals surface area contributed by atoms with Crippen molar-refractivity contribution in [3.8, 4) is 23.0 Å². The van der Waals surface area contributed by atoms with Gasteiger partial charge in [-0.15, -0.1) is 0 Å². The highest BCUT2D eigenvalue weighted by molar-refractivity contribution is 5.88. The zero-order valence-electron chi connectivity index (χ0n) is 13.2. The van der Waals surface area contributed by atoms with Crippen molar-refractivity contribution in [1.82, 2.24) is 4.98 Å². The van der Waals surface area contributed by atoms with Gasteiger partial charge < -0.3 is 25.1 Å². The summed E-state index contributed by atoms with van der Waals surface area (Å²) < 4.78 is 16.8. The third kappa shape index (κ3) is 3.33. The molecule has 124 valence electrons. The number of rotatable bonds is 6. The van der Waals surface area contributed by atoms with Crippen molar-refractivity contribution in [3.63, 3.8) is 0 Å². The Hall–Kier alpha value is -2.99. The smallest absolute Gasteiger partial charge is 0.163 e. The van der Waals surface area contributed by atoms with Crippen LogP contribution in [0.4, 0.5) is 5.69 Å². The summed E-state index contributed by atoms with van der Waals surface area (Å²) in [6.45, 7) is 0.110.